The van der Waals surface area contributed by atoms with Crippen LogP contribution in [0.2, 0.25) is 0 Å². The number of anilines is 1. The number of aromatic nitrogens is 2. The lowest BCUT2D eigenvalue weighted by molar-refractivity contribution is 0.390. The molecule has 0 bridgehead atoms. The Labute approximate surface area is 102 Å². The van der Waals surface area contributed by atoms with Gasteiger partial charge in [0.05, 0.1) is 16.7 Å². The van der Waals surface area contributed by atoms with Crippen LogP contribution in [0.15, 0.2) is 33.5 Å². The van der Waals surface area contributed by atoms with E-state index in [1.54, 1.807) is 12.4 Å². The molecule has 0 N–H and O–H groups in total. The summed E-state index contributed by atoms with van der Waals surface area (Å²) in [6.07, 6.45) is 3.55. The van der Waals surface area contributed by atoms with Crippen LogP contribution in [0.25, 0.3) is 0 Å². The van der Waals surface area contributed by atoms with Crippen molar-refractivity contribution in [3.05, 3.63) is 40.5 Å². The van der Waals surface area contributed by atoms with Crippen molar-refractivity contribution in [2.45, 2.75) is 13.5 Å². The van der Waals surface area contributed by atoms with Crippen LogP contribution in [0.3, 0.4) is 0 Å². The minimum Gasteiger partial charge on any atom is -0.368 e. The number of nitrogens with zero attached hydrogens (tertiary/aromatic N) is 3. The zero-order valence-corrected chi connectivity index (χ0v) is 10.7. The highest BCUT2D eigenvalue weighted by atomic mass is 79.9. The summed E-state index contributed by atoms with van der Waals surface area (Å²) in [6, 6.07) is 3.89. The third kappa shape index (κ3) is 2.41. The lowest BCUT2D eigenvalue weighted by Crippen LogP contribution is -2.17. The molecule has 0 spiro atoms. The Hall–Kier alpha value is -1.36. The van der Waals surface area contributed by atoms with Gasteiger partial charge in [-0.05, 0) is 28.9 Å². The molecule has 0 saturated heterocycles. The van der Waals surface area contributed by atoms with Crippen molar-refractivity contribution in [2.75, 3.05) is 11.9 Å². The summed E-state index contributed by atoms with van der Waals surface area (Å²) < 4.78 is 6.00. The van der Waals surface area contributed by atoms with Gasteiger partial charge in [-0.25, -0.2) is 0 Å². The van der Waals surface area contributed by atoms with Crippen LogP contribution in [-0.2, 0) is 6.54 Å². The quantitative estimate of drug-likeness (QED) is 0.868. The highest BCUT2D eigenvalue weighted by Crippen LogP contribution is 2.24. The van der Waals surface area contributed by atoms with Crippen LogP contribution in [-0.4, -0.2) is 17.2 Å². The van der Waals surface area contributed by atoms with E-state index in [1.807, 2.05) is 26.1 Å². The first-order valence-electron chi connectivity index (χ1n) is 4.89. The summed E-state index contributed by atoms with van der Waals surface area (Å²) >= 11 is 3.47. The van der Waals surface area contributed by atoms with Gasteiger partial charge in [-0.15, -0.1) is 0 Å². The van der Waals surface area contributed by atoms with E-state index >= 15 is 0 Å². The monoisotopic (exact) mass is 281 g/mol. The van der Waals surface area contributed by atoms with Gasteiger partial charge in [0, 0.05) is 25.5 Å². The van der Waals surface area contributed by atoms with Crippen LogP contribution in [0.1, 0.15) is 11.5 Å². The minimum absolute atomic E-state index is 0.708. The summed E-state index contributed by atoms with van der Waals surface area (Å²) in [5, 5.41) is 3.96. The molecule has 2 rings (SSSR count). The van der Waals surface area contributed by atoms with Gasteiger partial charge in [-0.1, -0.05) is 5.16 Å². The molecule has 0 fully saturated rings. The number of aryl methyl sites for hydroxylation is 1. The van der Waals surface area contributed by atoms with Crippen molar-refractivity contribution < 1.29 is 4.52 Å². The standard InChI is InChI=1S/C11H12BrN3O/c1-8-5-9(14-16-8)7-15(2)11-3-4-13-6-10(11)12/h3-6H,7H2,1-2H3. The number of halogens is 1. The average Bonchev–Trinajstić information content (AvgIpc) is 2.64. The number of hydrogen-bond donors (Lipinski definition) is 0. The van der Waals surface area contributed by atoms with E-state index in [0.29, 0.717) is 6.54 Å². The normalized spacial score (nSPS) is 10.4. The Bertz CT molecular complexity index is 484. The Morgan fingerprint density at radius 2 is 2.31 bits per heavy atom. The zero-order valence-electron chi connectivity index (χ0n) is 9.14. The number of hydrogen-bond acceptors (Lipinski definition) is 4. The van der Waals surface area contributed by atoms with Crippen molar-refractivity contribution in [3.63, 3.8) is 0 Å². The molecule has 0 saturated carbocycles. The van der Waals surface area contributed by atoms with Crippen LogP contribution >= 0.6 is 15.9 Å². The first-order valence-corrected chi connectivity index (χ1v) is 5.69. The molecule has 0 aromatic carbocycles. The molecule has 0 aliphatic carbocycles. The van der Waals surface area contributed by atoms with Gasteiger partial charge >= 0.3 is 0 Å². The third-order valence-electron chi connectivity index (χ3n) is 2.24. The molecule has 0 atom stereocenters. The number of rotatable bonds is 3. The molecular weight excluding hydrogens is 270 g/mol. The summed E-state index contributed by atoms with van der Waals surface area (Å²) in [5.74, 6) is 0.831. The largest absolute Gasteiger partial charge is 0.368 e. The second-order valence-corrected chi connectivity index (χ2v) is 4.47. The smallest absolute Gasteiger partial charge is 0.133 e. The third-order valence-corrected chi connectivity index (χ3v) is 2.85. The van der Waals surface area contributed by atoms with Crippen molar-refractivity contribution >= 4 is 21.6 Å². The van der Waals surface area contributed by atoms with Gasteiger partial charge in [0.15, 0.2) is 0 Å². The van der Waals surface area contributed by atoms with Crippen molar-refractivity contribution in [1.29, 1.82) is 0 Å². The lowest BCUT2D eigenvalue weighted by Gasteiger charge is -2.18. The van der Waals surface area contributed by atoms with Gasteiger partial charge in [-0.3, -0.25) is 4.98 Å². The summed E-state index contributed by atoms with van der Waals surface area (Å²) in [4.78, 5) is 6.12. The topological polar surface area (TPSA) is 42.2 Å². The fourth-order valence-electron chi connectivity index (χ4n) is 1.50. The molecule has 5 heteroatoms. The second-order valence-electron chi connectivity index (χ2n) is 3.61. The van der Waals surface area contributed by atoms with Crippen LogP contribution in [0, 0.1) is 6.92 Å². The molecule has 0 unspecified atom stereocenters. The Morgan fingerprint density at radius 3 is 2.94 bits per heavy atom. The van der Waals surface area contributed by atoms with E-state index in [-0.39, 0.29) is 0 Å². The Kier molecular flexibility index (Phi) is 3.24. The fourth-order valence-corrected chi connectivity index (χ4v) is 2.05. The SMILES string of the molecule is Cc1cc(CN(C)c2ccncc2Br)no1. The summed E-state index contributed by atoms with van der Waals surface area (Å²) in [7, 11) is 2.00. The fraction of sp³-hybridized carbons (Fsp3) is 0.273. The maximum Gasteiger partial charge on any atom is 0.133 e. The van der Waals surface area contributed by atoms with E-state index in [4.69, 9.17) is 4.52 Å². The van der Waals surface area contributed by atoms with Gasteiger partial charge < -0.3 is 9.42 Å². The van der Waals surface area contributed by atoms with Crippen LogP contribution < -0.4 is 4.90 Å². The minimum atomic E-state index is 0.708. The van der Waals surface area contributed by atoms with Gasteiger partial charge in [-0.2, -0.15) is 0 Å². The van der Waals surface area contributed by atoms with E-state index in [2.05, 4.69) is 31.0 Å². The first-order chi connectivity index (χ1) is 7.66. The lowest BCUT2D eigenvalue weighted by atomic mass is 10.3. The zero-order chi connectivity index (χ0) is 11.5. The van der Waals surface area contributed by atoms with Crippen molar-refractivity contribution in [1.82, 2.24) is 10.1 Å². The second kappa shape index (κ2) is 4.65. The van der Waals surface area contributed by atoms with Gasteiger partial charge in [0.2, 0.25) is 0 Å². The molecule has 84 valence electrons. The number of pyridine rings is 1. The molecule has 4 nitrogen and oxygen atoms in total. The van der Waals surface area contributed by atoms with Crippen LogP contribution in [0.5, 0.6) is 0 Å². The predicted octanol–water partition coefficient (Wildman–Crippen LogP) is 2.78. The molecule has 2 heterocycles. The summed E-state index contributed by atoms with van der Waals surface area (Å²) in [5.41, 5.74) is 2.00. The molecule has 0 amide bonds. The van der Waals surface area contributed by atoms with Crippen LogP contribution in [0.4, 0.5) is 5.69 Å². The molecule has 2 aromatic heterocycles. The Balaban J connectivity index is 2.14. The molecule has 2 aromatic rings. The van der Waals surface area contributed by atoms with E-state index < -0.39 is 0 Å². The van der Waals surface area contributed by atoms with E-state index in [1.165, 1.54) is 0 Å². The Morgan fingerprint density at radius 1 is 1.50 bits per heavy atom. The van der Waals surface area contributed by atoms with Gasteiger partial charge in [0.1, 0.15) is 11.5 Å². The highest BCUT2D eigenvalue weighted by Gasteiger charge is 2.08. The maximum atomic E-state index is 5.03. The summed E-state index contributed by atoms with van der Waals surface area (Å²) in [6.45, 7) is 2.60. The van der Waals surface area contributed by atoms with Crippen molar-refractivity contribution in [3.8, 4) is 0 Å². The molecule has 0 radical (unpaired) electrons. The van der Waals surface area contributed by atoms with Crippen molar-refractivity contribution in [2.24, 2.45) is 0 Å². The molecule has 0 aliphatic heterocycles. The maximum absolute atomic E-state index is 5.03. The molecule has 16 heavy (non-hydrogen) atoms. The van der Waals surface area contributed by atoms with Gasteiger partial charge in [0.25, 0.3) is 0 Å². The highest BCUT2D eigenvalue weighted by molar-refractivity contribution is 9.10. The average molecular weight is 282 g/mol. The van der Waals surface area contributed by atoms with E-state index in [9.17, 15) is 0 Å². The molecule has 0 aliphatic rings. The van der Waals surface area contributed by atoms with E-state index in [0.717, 1.165) is 21.6 Å². The first kappa shape index (κ1) is 11.1. The molecular formula is C11H12BrN3O. The predicted molar refractivity (Wildman–Crippen MR) is 65.3 cm³/mol.